The highest BCUT2D eigenvalue weighted by atomic mass is 15.2. The van der Waals surface area contributed by atoms with Gasteiger partial charge in [0.2, 0.25) is 0 Å². The minimum absolute atomic E-state index is 0.578. The van der Waals surface area contributed by atoms with Gasteiger partial charge in [-0.2, -0.15) is 0 Å². The summed E-state index contributed by atoms with van der Waals surface area (Å²) >= 11 is 0. The van der Waals surface area contributed by atoms with E-state index < -0.39 is 0 Å². The van der Waals surface area contributed by atoms with Crippen LogP contribution in [0.1, 0.15) is 35.4 Å². The van der Waals surface area contributed by atoms with Crippen molar-refractivity contribution in [2.75, 3.05) is 24.5 Å². The molecule has 4 aromatic rings. The van der Waals surface area contributed by atoms with Crippen molar-refractivity contribution >= 4 is 5.69 Å². The van der Waals surface area contributed by atoms with Crippen molar-refractivity contribution in [3.05, 3.63) is 126 Å². The molecule has 0 atom stereocenters. The van der Waals surface area contributed by atoms with Crippen molar-refractivity contribution in [2.45, 2.75) is 44.9 Å². The van der Waals surface area contributed by atoms with Crippen LogP contribution < -0.4 is 10.2 Å². The summed E-state index contributed by atoms with van der Waals surface area (Å²) in [7, 11) is 0. The average molecular weight is 492 g/mol. The fraction of sp³-hybridized carbons (Fsp3) is 0.312. The van der Waals surface area contributed by atoms with E-state index in [0.29, 0.717) is 6.04 Å². The van der Waals surface area contributed by atoms with Crippen molar-refractivity contribution in [3.8, 4) is 0 Å². The zero-order valence-corrected chi connectivity index (χ0v) is 21.5. The molecule has 1 aliphatic heterocycles. The third-order valence-corrected chi connectivity index (χ3v) is 7.22. The fourth-order valence-electron chi connectivity index (χ4n) is 5.23. The molecule has 0 amide bonds. The van der Waals surface area contributed by atoms with E-state index in [9.17, 15) is 0 Å². The van der Waals surface area contributed by atoms with Gasteiger partial charge in [0.1, 0.15) is 0 Å². The Kier molecular flexibility index (Phi) is 8.92. The molecule has 2 aromatic heterocycles. The molecular weight excluding hydrogens is 454 g/mol. The molecular formula is C32H37N5. The van der Waals surface area contributed by atoms with Gasteiger partial charge in [0, 0.05) is 75.5 Å². The van der Waals surface area contributed by atoms with E-state index in [1.54, 1.807) is 0 Å². The third kappa shape index (κ3) is 7.48. The molecule has 1 N–H and O–H groups in total. The molecule has 5 heteroatoms. The first-order valence-corrected chi connectivity index (χ1v) is 13.5. The lowest BCUT2D eigenvalue weighted by atomic mass is 10.0. The summed E-state index contributed by atoms with van der Waals surface area (Å²) in [6.45, 7) is 5.82. The second-order valence-corrected chi connectivity index (χ2v) is 9.84. The van der Waals surface area contributed by atoms with E-state index in [1.807, 2.05) is 30.6 Å². The molecule has 0 unspecified atom stereocenters. The quantitative estimate of drug-likeness (QED) is 0.301. The van der Waals surface area contributed by atoms with Gasteiger partial charge in [0.25, 0.3) is 0 Å². The van der Waals surface area contributed by atoms with Crippen LogP contribution >= 0.6 is 0 Å². The van der Waals surface area contributed by atoms with E-state index in [2.05, 4.69) is 97.9 Å². The Morgan fingerprint density at radius 3 is 2.16 bits per heavy atom. The van der Waals surface area contributed by atoms with E-state index >= 15 is 0 Å². The SMILES string of the molecule is c1ccc(N2CCC(N(CCc3ccccn3)Cc3cccc(CNCc4ccccn4)c3)CC2)cc1. The van der Waals surface area contributed by atoms with Crippen LogP contribution in [0.4, 0.5) is 5.69 Å². The van der Waals surface area contributed by atoms with Crippen molar-refractivity contribution < 1.29 is 0 Å². The molecule has 0 saturated carbocycles. The van der Waals surface area contributed by atoms with E-state index in [4.69, 9.17) is 0 Å². The molecule has 5 rings (SSSR count). The third-order valence-electron chi connectivity index (χ3n) is 7.22. The number of pyridine rings is 2. The Labute approximate surface area is 221 Å². The summed E-state index contributed by atoms with van der Waals surface area (Å²) in [5.74, 6) is 0. The lowest BCUT2D eigenvalue weighted by Gasteiger charge is -2.39. The summed E-state index contributed by atoms with van der Waals surface area (Å²) in [4.78, 5) is 14.2. The van der Waals surface area contributed by atoms with Crippen LogP contribution in [0.25, 0.3) is 0 Å². The summed E-state index contributed by atoms with van der Waals surface area (Å²) in [6.07, 6.45) is 7.09. The van der Waals surface area contributed by atoms with Gasteiger partial charge < -0.3 is 10.2 Å². The summed E-state index contributed by atoms with van der Waals surface area (Å²) in [5, 5.41) is 3.54. The largest absolute Gasteiger partial charge is 0.371 e. The Hall–Kier alpha value is -3.54. The van der Waals surface area contributed by atoms with Crippen molar-refractivity contribution in [1.82, 2.24) is 20.2 Å². The van der Waals surface area contributed by atoms with E-state index in [0.717, 1.165) is 51.4 Å². The Balaban J connectivity index is 1.22. The molecule has 37 heavy (non-hydrogen) atoms. The first kappa shape index (κ1) is 25.1. The Morgan fingerprint density at radius 2 is 1.43 bits per heavy atom. The second-order valence-electron chi connectivity index (χ2n) is 9.84. The number of benzene rings is 2. The van der Waals surface area contributed by atoms with Gasteiger partial charge in [0.05, 0.1) is 5.69 Å². The van der Waals surface area contributed by atoms with Crippen molar-refractivity contribution in [2.24, 2.45) is 0 Å². The molecule has 0 spiro atoms. The maximum atomic E-state index is 4.58. The first-order valence-electron chi connectivity index (χ1n) is 13.5. The maximum Gasteiger partial charge on any atom is 0.0541 e. The van der Waals surface area contributed by atoms with Gasteiger partial charge in [-0.3, -0.25) is 14.9 Å². The minimum Gasteiger partial charge on any atom is -0.371 e. The molecule has 2 aromatic carbocycles. The van der Waals surface area contributed by atoms with Crippen LogP contribution in [0.5, 0.6) is 0 Å². The monoisotopic (exact) mass is 491 g/mol. The van der Waals surface area contributed by atoms with Gasteiger partial charge >= 0.3 is 0 Å². The number of piperidine rings is 1. The van der Waals surface area contributed by atoms with E-state index in [1.165, 1.54) is 35.3 Å². The van der Waals surface area contributed by atoms with Crippen LogP contribution in [0.3, 0.4) is 0 Å². The Morgan fingerprint density at radius 1 is 0.730 bits per heavy atom. The van der Waals surface area contributed by atoms with Gasteiger partial charge in [0.15, 0.2) is 0 Å². The van der Waals surface area contributed by atoms with Gasteiger partial charge in [-0.25, -0.2) is 0 Å². The first-order chi connectivity index (χ1) is 18.3. The lowest BCUT2D eigenvalue weighted by molar-refractivity contribution is 0.162. The minimum atomic E-state index is 0.578. The summed E-state index contributed by atoms with van der Waals surface area (Å²) < 4.78 is 0. The molecule has 1 fully saturated rings. The number of hydrogen-bond acceptors (Lipinski definition) is 5. The number of anilines is 1. The average Bonchev–Trinajstić information content (AvgIpc) is 2.97. The number of aromatic nitrogens is 2. The van der Waals surface area contributed by atoms with Gasteiger partial charge in [-0.1, -0.05) is 54.6 Å². The van der Waals surface area contributed by atoms with Crippen LogP contribution in [0, 0.1) is 0 Å². The van der Waals surface area contributed by atoms with Crippen LogP contribution in [0.2, 0.25) is 0 Å². The maximum absolute atomic E-state index is 4.58. The lowest BCUT2D eigenvalue weighted by Crippen LogP contribution is -2.45. The van der Waals surface area contributed by atoms with Crippen LogP contribution in [-0.4, -0.2) is 40.5 Å². The van der Waals surface area contributed by atoms with Crippen molar-refractivity contribution in [3.63, 3.8) is 0 Å². The molecule has 1 saturated heterocycles. The fourth-order valence-corrected chi connectivity index (χ4v) is 5.23. The van der Waals surface area contributed by atoms with Crippen LogP contribution in [-0.2, 0) is 26.1 Å². The number of rotatable bonds is 11. The van der Waals surface area contributed by atoms with Gasteiger partial charge in [-0.15, -0.1) is 0 Å². The molecule has 1 aliphatic rings. The predicted octanol–water partition coefficient (Wildman–Crippen LogP) is 5.48. The molecule has 190 valence electrons. The highest BCUT2D eigenvalue weighted by Crippen LogP contribution is 2.24. The normalized spacial score (nSPS) is 14.2. The summed E-state index contributed by atoms with van der Waals surface area (Å²) in [6, 6.07) is 32.7. The molecule has 0 radical (unpaired) electrons. The van der Waals surface area contributed by atoms with Crippen LogP contribution in [0.15, 0.2) is 103 Å². The van der Waals surface area contributed by atoms with E-state index in [-0.39, 0.29) is 0 Å². The topological polar surface area (TPSA) is 44.3 Å². The zero-order chi connectivity index (χ0) is 25.1. The highest BCUT2D eigenvalue weighted by Gasteiger charge is 2.25. The smallest absolute Gasteiger partial charge is 0.0541 e. The molecule has 3 heterocycles. The Bertz CT molecular complexity index is 1190. The second kappa shape index (κ2) is 13.1. The molecule has 0 aliphatic carbocycles. The number of nitrogens with zero attached hydrogens (tertiary/aromatic N) is 4. The number of para-hydroxylation sites is 1. The highest BCUT2D eigenvalue weighted by molar-refractivity contribution is 5.46. The van der Waals surface area contributed by atoms with Crippen molar-refractivity contribution in [1.29, 1.82) is 0 Å². The predicted molar refractivity (Wildman–Crippen MR) is 151 cm³/mol. The summed E-state index contributed by atoms with van der Waals surface area (Å²) in [5.41, 5.74) is 6.27. The zero-order valence-electron chi connectivity index (χ0n) is 21.5. The standard InChI is InChI=1S/C32H37N5/c1-2-13-31(14-3-1)36-21-16-32(17-22-36)37(20-15-29-11-4-6-18-34-29)26-28-10-8-9-27(23-28)24-33-25-30-12-5-7-19-35-30/h1-14,18-19,23,32-33H,15-17,20-22,24-26H2. The molecule has 0 bridgehead atoms. The molecule has 5 nitrogen and oxygen atoms in total. The number of hydrogen-bond donors (Lipinski definition) is 1. The number of nitrogens with one attached hydrogen (secondary N) is 1. The van der Waals surface area contributed by atoms with Gasteiger partial charge in [-0.05, 0) is 60.4 Å².